The molecular weight excluding hydrogens is 306 g/mol. The van der Waals surface area contributed by atoms with Crippen molar-refractivity contribution in [3.05, 3.63) is 28.2 Å². The summed E-state index contributed by atoms with van der Waals surface area (Å²) in [5.41, 5.74) is 6.98. The predicted molar refractivity (Wildman–Crippen MR) is 81.2 cm³/mol. The molecule has 0 bridgehead atoms. The van der Waals surface area contributed by atoms with Crippen LogP contribution in [0.15, 0.2) is 22.7 Å². The van der Waals surface area contributed by atoms with E-state index in [4.69, 9.17) is 5.73 Å². The van der Waals surface area contributed by atoms with E-state index in [9.17, 15) is 4.79 Å². The highest BCUT2D eigenvalue weighted by molar-refractivity contribution is 9.10. The number of halogens is 1. The van der Waals surface area contributed by atoms with E-state index in [-0.39, 0.29) is 5.91 Å². The molecule has 0 spiro atoms. The number of nitrogens with two attached hydrogens (primary N) is 1. The van der Waals surface area contributed by atoms with Crippen molar-refractivity contribution in [3.63, 3.8) is 0 Å². The van der Waals surface area contributed by atoms with Crippen molar-refractivity contribution in [2.75, 3.05) is 31.9 Å². The maximum Gasteiger partial charge on any atom is 0.251 e. The van der Waals surface area contributed by atoms with E-state index in [1.54, 1.807) is 18.2 Å². The van der Waals surface area contributed by atoms with E-state index in [1.807, 2.05) is 0 Å². The lowest BCUT2D eigenvalue weighted by Gasteiger charge is -2.26. The highest BCUT2D eigenvalue weighted by atomic mass is 79.9. The molecule has 0 aromatic heterocycles. The smallest absolute Gasteiger partial charge is 0.251 e. The fraction of sp³-hybridized carbons (Fsp3) is 0.500. The lowest BCUT2D eigenvalue weighted by Crippen LogP contribution is -2.37. The molecule has 1 aliphatic heterocycles. The number of anilines is 1. The number of likely N-dealkylation sites (tertiary alicyclic amines) is 1. The standard InChI is InChI=1S/C14H20BrN3O/c15-12-10-11(4-5-13(12)16)14(19)17-6-9-18-7-2-1-3-8-18/h4-5,10H,1-3,6-9,16H2,(H,17,19). The average molecular weight is 326 g/mol. The maximum absolute atomic E-state index is 12.0. The normalized spacial score (nSPS) is 16.3. The Labute approximate surface area is 122 Å². The molecule has 19 heavy (non-hydrogen) atoms. The molecule has 4 nitrogen and oxygen atoms in total. The zero-order chi connectivity index (χ0) is 13.7. The minimum atomic E-state index is -0.0438. The second-order valence-corrected chi connectivity index (χ2v) is 5.75. The number of carbonyl (C=O) groups excluding carboxylic acids is 1. The van der Waals surface area contributed by atoms with Gasteiger partial charge in [0.25, 0.3) is 5.91 Å². The van der Waals surface area contributed by atoms with Gasteiger partial charge in [0.2, 0.25) is 0 Å². The number of hydrogen-bond donors (Lipinski definition) is 2. The average Bonchev–Trinajstić information content (AvgIpc) is 2.43. The molecule has 1 saturated heterocycles. The second-order valence-electron chi connectivity index (χ2n) is 4.89. The summed E-state index contributed by atoms with van der Waals surface area (Å²) in [6.45, 7) is 3.94. The van der Waals surface area contributed by atoms with Gasteiger partial charge in [-0.2, -0.15) is 0 Å². The number of carbonyl (C=O) groups is 1. The van der Waals surface area contributed by atoms with Crippen LogP contribution in [0.3, 0.4) is 0 Å². The van der Waals surface area contributed by atoms with Gasteiger partial charge in [-0.1, -0.05) is 6.42 Å². The van der Waals surface area contributed by atoms with E-state index in [1.165, 1.54) is 19.3 Å². The van der Waals surface area contributed by atoms with Crippen molar-refractivity contribution in [3.8, 4) is 0 Å². The van der Waals surface area contributed by atoms with Crippen LogP contribution in [0, 0.1) is 0 Å². The summed E-state index contributed by atoms with van der Waals surface area (Å²) in [5.74, 6) is -0.0438. The van der Waals surface area contributed by atoms with Crippen molar-refractivity contribution in [2.24, 2.45) is 0 Å². The molecule has 104 valence electrons. The number of piperidine rings is 1. The van der Waals surface area contributed by atoms with Crippen LogP contribution >= 0.6 is 15.9 Å². The summed E-state index contributed by atoms with van der Waals surface area (Å²) in [5, 5.41) is 2.95. The van der Waals surface area contributed by atoms with Crippen molar-refractivity contribution in [1.82, 2.24) is 10.2 Å². The van der Waals surface area contributed by atoms with E-state index >= 15 is 0 Å². The van der Waals surface area contributed by atoms with Crippen molar-refractivity contribution < 1.29 is 4.79 Å². The molecule has 1 aliphatic rings. The van der Waals surface area contributed by atoms with Gasteiger partial charge in [0.1, 0.15) is 0 Å². The quantitative estimate of drug-likeness (QED) is 0.835. The summed E-state index contributed by atoms with van der Waals surface area (Å²) < 4.78 is 0.760. The SMILES string of the molecule is Nc1ccc(C(=O)NCCN2CCCCC2)cc1Br. The maximum atomic E-state index is 12.0. The zero-order valence-corrected chi connectivity index (χ0v) is 12.6. The third kappa shape index (κ3) is 4.21. The van der Waals surface area contributed by atoms with E-state index in [0.29, 0.717) is 17.8 Å². The number of rotatable bonds is 4. The van der Waals surface area contributed by atoms with Crippen LogP contribution < -0.4 is 11.1 Å². The molecule has 0 saturated carbocycles. The molecule has 0 unspecified atom stereocenters. The highest BCUT2D eigenvalue weighted by Crippen LogP contribution is 2.20. The number of benzene rings is 1. The monoisotopic (exact) mass is 325 g/mol. The topological polar surface area (TPSA) is 58.4 Å². The number of nitrogens with one attached hydrogen (secondary N) is 1. The first-order chi connectivity index (χ1) is 9.16. The van der Waals surface area contributed by atoms with Gasteiger partial charge in [0, 0.05) is 28.8 Å². The van der Waals surface area contributed by atoms with Crippen LogP contribution in [0.2, 0.25) is 0 Å². The molecule has 0 atom stereocenters. The lowest BCUT2D eigenvalue weighted by molar-refractivity contribution is 0.0946. The Kier molecular flexibility index (Phi) is 5.22. The van der Waals surface area contributed by atoms with E-state index in [2.05, 4.69) is 26.1 Å². The third-order valence-electron chi connectivity index (χ3n) is 3.42. The second kappa shape index (κ2) is 6.91. The molecule has 5 heteroatoms. The fourth-order valence-corrected chi connectivity index (χ4v) is 2.66. The van der Waals surface area contributed by atoms with Gasteiger partial charge in [-0.3, -0.25) is 4.79 Å². The van der Waals surface area contributed by atoms with Crippen LogP contribution in [-0.2, 0) is 0 Å². The molecule has 1 aromatic carbocycles. The van der Waals surface area contributed by atoms with Crippen LogP contribution in [-0.4, -0.2) is 37.0 Å². The Morgan fingerprint density at radius 1 is 1.32 bits per heavy atom. The number of nitrogen functional groups attached to an aromatic ring is 1. The zero-order valence-electron chi connectivity index (χ0n) is 11.0. The minimum Gasteiger partial charge on any atom is -0.398 e. The first kappa shape index (κ1) is 14.3. The first-order valence-electron chi connectivity index (χ1n) is 6.72. The first-order valence-corrected chi connectivity index (χ1v) is 7.52. The molecule has 1 heterocycles. The molecule has 0 radical (unpaired) electrons. The van der Waals surface area contributed by atoms with Crippen LogP contribution in [0.1, 0.15) is 29.6 Å². The van der Waals surface area contributed by atoms with Crippen molar-refractivity contribution >= 4 is 27.5 Å². The van der Waals surface area contributed by atoms with Gasteiger partial charge < -0.3 is 16.0 Å². The number of hydrogen-bond acceptors (Lipinski definition) is 3. The van der Waals surface area contributed by atoms with Gasteiger partial charge >= 0.3 is 0 Å². The third-order valence-corrected chi connectivity index (χ3v) is 4.11. The Hall–Kier alpha value is -1.07. The number of amides is 1. The van der Waals surface area contributed by atoms with Gasteiger partial charge in [0.05, 0.1) is 0 Å². The molecular formula is C14H20BrN3O. The largest absolute Gasteiger partial charge is 0.398 e. The van der Waals surface area contributed by atoms with Crippen molar-refractivity contribution in [2.45, 2.75) is 19.3 Å². The van der Waals surface area contributed by atoms with E-state index < -0.39 is 0 Å². The molecule has 1 aromatic rings. The van der Waals surface area contributed by atoms with E-state index in [0.717, 1.165) is 24.1 Å². The Morgan fingerprint density at radius 2 is 2.05 bits per heavy atom. The Bertz CT molecular complexity index is 444. The van der Waals surface area contributed by atoms with Gasteiger partial charge in [-0.25, -0.2) is 0 Å². The lowest BCUT2D eigenvalue weighted by atomic mass is 10.1. The highest BCUT2D eigenvalue weighted by Gasteiger charge is 2.11. The summed E-state index contributed by atoms with van der Waals surface area (Å²) in [7, 11) is 0. The summed E-state index contributed by atoms with van der Waals surface area (Å²) in [6, 6.07) is 5.24. The number of nitrogens with zero attached hydrogens (tertiary/aromatic N) is 1. The molecule has 1 fully saturated rings. The molecule has 3 N–H and O–H groups in total. The fourth-order valence-electron chi connectivity index (χ4n) is 2.28. The summed E-state index contributed by atoms with van der Waals surface area (Å²) >= 11 is 3.33. The van der Waals surface area contributed by atoms with Gasteiger partial charge in [0.15, 0.2) is 0 Å². The summed E-state index contributed by atoms with van der Waals surface area (Å²) in [6.07, 6.45) is 3.89. The van der Waals surface area contributed by atoms with Crippen molar-refractivity contribution in [1.29, 1.82) is 0 Å². The molecule has 1 amide bonds. The summed E-state index contributed by atoms with van der Waals surface area (Å²) in [4.78, 5) is 14.4. The minimum absolute atomic E-state index is 0.0438. The van der Waals surface area contributed by atoms with Gasteiger partial charge in [-0.05, 0) is 60.1 Å². The predicted octanol–water partition coefficient (Wildman–Crippen LogP) is 2.25. The van der Waals surface area contributed by atoms with Crippen LogP contribution in [0.5, 0.6) is 0 Å². The van der Waals surface area contributed by atoms with Crippen LogP contribution in [0.4, 0.5) is 5.69 Å². The van der Waals surface area contributed by atoms with Crippen LogP contribution in [0.25, 0.3) is 0 Å². The Morgan fingerprint density at radius 3 is 2.74 bits per heavy atom. The molecule has 0 aliphatic carbocycles. The van der Waals surface area contributed by atoms with Gasteiger partial charge in [-0.15, -0.1) is 0 Å². The Balaban J connectivity index is 1.78. The molecule has 2 rings (SSSR count).